The molecule has 0 amide bonds. The van der Waals surface area contributed by atoms with E-state index >= 15 is 0 Å². The van der Waals surface area contributed by atoms with Crippen LogP contribution in [0.3, 0.4) is 0 Å². The van der Waals surface area contributed by atoms with Crippen LogP contribution in [0.15, 0.2) is 29.2 Å². The molecule has 1 atom stereocenters. The van der Waals surface area contributed by atoms with Crippen LogP contribution in [-0.4, -0.2) is 52.3 Å². The Kier molecular flexibility index (Phi) is 4.98. The Morgan fingerprint density at radius 1 is 1.40 bits per heavy atom. The van der Waals surface area contributed by atoms with Gasteiger partial charge in [0.15, 0.2) is 0 Å². The number of primary sulfonamides is 1. The average molecular weight is 300 g/mol. The summed E-state index contributed by atoms with van der Waals surface area (Å²) in [4.78, 5) is 2.40. The van der Waals surface area contributed by atoms with E-state index in [2.05, 4.69) is 11.8 Å². The summed E-state index contributed by atoms with van der Waals surface area (Å²) in [5.41, 5.74) is 0. The molecule has 0 unspecified atom stereocenters. The molecular weight excluding hydrogens is 280 g/mol. The molecule has 1 aliphatic heterocycles. The highest BCUT2D eigenvalue weighted by atomic mass is 32.2. The molecule has 1 aromatic rings. The van der Waals surface area contributed by atoms with Crippen LogP contribution in [-0.2, 0) is 14.8 Å². The topological polar surface area (TPSA) is 81.9 Å². The Balaban J connectivity index is 1.82. The molecular formula is C13H20N2O4S. The average Bonchev–Trinajstić information content (AvgIpc) is 2.40. The second kappa shape index (κ2) is 6.53. The highest BCUT2D eigenvalue weighted by Crippen LogP contribution is 2.15. The summed E-state index contributed by atoms with van der Waals surface area (Å²) >= 11 is 0. The molecule has 0 saturated carbocycles. The molecule has 0 spiro atoms. The van der Waals surface area contributed by atoms with Crippen LogP contribution in [0.4, 0.5) is 0 Å². The molecule has 1 heterocycles. The van der Waals surface area contributed by atoms with Crippen LogP contribution in [0.1, 0.15) is 6.92 Å². The lowest BCUT2D eigenvalue weighted by Crippen LogP contribution is -2.45. The Morgan fingerprint density at radius 3 is 2.70 bits per heavy atom. The maximum absolute atomic E-state index is 11.1. The van der Waals surface area contributed by atoms with Gasteiger partial charge in [-0.2, -0.15) is 0 Å². The van der Waals surface area contributed by atoms with Crippen LogP contribution < -0.4 is 9.88 Å². The van der Waals surface area contributed by atoms with Crippen molar-refractivity contribution in [2.75, 3.05) is 32.9 Å². The molecule has 0 aliphatic carbocycles. The smallest absolute Gasteiger partial charge is 0.238 e. The number of hydrogen-bond donors (Lipinski definition) is 1. The normalized spacial score (nSPS) is 20.8. The standard InChI is InChI=1S/C13H20N2O4S/c1-11-10-18-8-6-15(11)7-9-19-12-2-4-13(5-3-12)20(14,16)17/h2-5,11H,6-10H2,1H3,(H2,14,16,17)/t11-/m1/s1. The third kappa shape index (κ3) is 4.17. The number of nitrogens with two attached hydrogens (primary N) is 1. The molecule has 1 saturated heterocycles. The minimum Gasteiger partial charge on any atom is -0.492 e. The van der Waals surface area contributed by atoms with E-state index in [4.69, 9.17) is 14.6 Å². The fraction of sp³-hybridized carbons (Fsp3) is 0.538. The van der Waals surface area contributed by atoms with Gasteiger partial charge in [0.05, 0.1) is 18.1 Å². The maximum Gasteiger partial charge on any atom is 0.238 e. The first kappa shape index (κ1) is 15.2. The Morgan fingerprint density at radius 2 is 2.10 bits per heavy atom. The highest BCUT2D eigenvalue weighted by Gasteiger charge is 2.18. The van der Waals surface area contributed by atoms with Gasteiger partial charge in [-0.3, -0.25) is 4.90 Å². The molecule has 20 heavy (non-hydrogen) atoms. The van der Waals surface area contributed by atoms with E-state index in [1.165, 1.54) is 12.1 Å². The van der Waals surface area contributed by atoms with E-state index < -0.39 is 10.0 Å². The van der Waals surface area contributed by atoms with Crippen molar-refractivity contribution < 1.29 is 17.9 Å². The summed E-state index contributed by atoms with van der Waals surface area (Å²) in [6, 6.07) is 6.52. The van der Waals surface area contributed by atoms with Gasteiger partial charge in [0.2, 0.25) is 10.0 Å². The second-order valence-corrected chi connectivity index (χ2v) is 6.39. The quantitative estimate of drug-likeness (QED) is 0.853. The van der Waals surface area contributed by atoms with Crippen molar-refractivity contribution in [3.05, 3.63) is 24.3 Å². The van der Waals surface area contributed by atoms with Crippen LogP contribution in [0, 0.1) is 0 Å². The molecule has 0 radical (unpaired) electrons. The molecule has 1 aromatic carbocycles. The number of ether oxygens (including phenoxy) is 2. The monoisotopic (exact) mass is 300 g/mol. The van der Waals surface area contributed by atoms with Crippen molar-refractivity contribution in [3.63, 3.8) is 0 Å². The van der Waals surface area contributed by atoms with Gasteiger partial charge in [-0.1, -0.05) is 0 Å². The summed E-state index contributed by atoms with van der Waals surface area (Å²) in [5.74, 6) is 0.637. The van der Waals surface area contributed by atoms with Crippen molar-refractivity contribution in [3.8, 4) is 5.75 Å². The molecule has 1 aliphatic rings. The third-order valence-electron chi connectivity index (χ3n) is 3.30. The molecule has 2 rings (SSSR count). The second-order valence-electron chi connectivity index (χ2n) is 4.82. The van der Waals surface area contributed by atoms with E-state index in [1.807, 2.05) is 0 Å². The van der Waals surface area contributed by atoms with Crippen LogP contribution >= 0.6 is 0 Å². The van der Waals surface area contributed by atoms with Gasteiger partial charge in [-0.25, -0.2) is 13.6 Å². The summed E-state index contributed by atoms with van der Waals surface area (Å²) in [7, 11) is -3.64. The Bertz CT molecular complexity index is 530. The minimum atomic E-state index is -3.64. The fourth-order valence-corrected chi connectivity index (χ4v) is 2.62. The lowest BCUT2D eigenvalue weighted by Gasteiger charge is -2.32. The van der Waals surface area contributed by atoms with E-state index in [0.717, 1.165) is 26.3 Å². The maximum atomic E-state index is 11.1. The predicted molar refractivity (Wildman–Crippen MR) is 75.2 cm³/mol. The van der Waals surface area contributed by atoms with Gasteiger partial charge >= 0.3 is 0 Å². The predicted octanol–water partition coefficient (Wildman–Crippen LogP) is 0.434. The van der Waals surface area contributed by atoms with Gasteiger partial charge < -0.3 is 9.47 Å². The lowest BCUT2D eigenvalue weighted by atomic mass is 10.2. The van der Waals surface area contributed by atoms with E-state index in [-0.39, 0.29) is 4.90 Å². The summed E-state index contributed by atoms with van der Waals surface area (Å²) in [5, 5.41) is 5.03. The van der Waals surface area contributed by atoms with Crippen LogP contribution in [0.2, 0.25) is 0 Å². The molecule has 112 valence electrons. The van der Waals surface area contributed by atoms with Gasteiger partial charge in [0.1, 0.15) is 12.4 Å². The fourth-order valence-electron chi connectivity index (χ4n) is 2.10. The third-order valence-corrected chi connectivity index (χ3v) is 4.23. The van der Waals surface area contributed by atoms with Crippen LogP contribution in [0.5, 0.6) is 5.75 Å². The van der Waals surface area contributed by atoms with Crippen molar-refractivity contribution in [2.45, 2.75) is 17.9 Å². The molecule has 0 bridgehead atoms. The first-order valence-corrected chi connectivity index (χ1v) is 8.09. The van der Waals surface area contributed by atoms with Gasteiger partial charge in [-0.15, -0.1) is 0 Å². The van der Waals surface area contributed by atoms with Gasteiger partial charge in [0, 0.05) is 19.1 Å². The van der Waals surface area contributed by atoms with E-state index in [0.29, 0.717) is 18.4 Å². The van der Waals surface area contributed by atoms with Crippen molar-refractivity contribution >= 4 is 10.0 Å². The first-order chi connectivity index (χ1) is 9.47. The van der Waals surface area contributed by atoms with E-state index in [1.54, 1.807) is 12.1 Å². The Labute approximate surface area is 119 Å². The molecule has 1 fully saturated rings. The van der Waals surface area contributed by atoms with Crippen LogP contribution in [0.25, 0.3) is 0 Å². The molecule has 6 nitrogen and oxygen atoms in total. The summed E-state index contributed by atoms with van der Waals surface area (Å²) < 4.78 is 33.2. The summed E-state index contributed by atoms with van der Waals surface area (Å²) in [6.45, 7) is 5.92. The number of hydrogen-bond acceptors (Lipinski definition) is 5. The lowest BCUT2D eigenvalue weighted by molar-refractivity contribution is -0.00514. The number of morpholine rings is 1. The van der Waals surface area contributed by atoms with Gasteiger partial charge in [-0.05, 0) is 31.2 Å². The largest absolute Gasteiger partial charge is 0.492 e. The summed E-state index contributed by atoms with van der Waals surface area (Å²) in [6.07, 6.45) is 0. The zero-order valence-corrected chi connectivity index (χ0v) is 12.3. The Hall–Kier alpha value is -1.15. The molecule has 7 heteroatoms. The molecule has 2 N–H and O–H groups in total. The van der Waals surface area contributed by atoms with Crippen molar-refractivity contribution in [2.24, 2.45) is 5.14 Å². The number of benzene rings is 1. The zero-order valence-electron chi connectivity index (χ0n) is 11.5. The SMILES string of the molecule is C[C@@H]1COCCN1CCOc1ccc(S(N)(=O)=O)cc1. The van der Waals surface area contributed by atoms with Crippen molar-refractivity contribution in [1.29, 1.82) is 0 Å². The van der Waals surface area contributed by atoms with E-state index in [9.17, 15) is 8.42 Å². The van der Waals surface area contributed by atoms with Gasteiger partial charge in [0.25, 0.3) is 0 Å². The zero-order chi connectivity index (χ0) is 14.6. The number of nitrogens with zero attached hydrogens (tertiary/aromatic N) is 1. The number of sulfonamides is 1. The first-order valence-electron chi connectivity index (χ1n) is 6.54. The van der Waals surface area contributed by atoms with Crippen molar-refractivity contribution in [1.82, 2.24) is 4.90 Å². The number of rotatable bonds is 5. The molecule has 0 aromatic heterocycles. The minimum absolute atomic E-state index is 0.0895. The highest BCUT2D eigenvalue weighted by molar-refractivity contribution is 7.89.